The lowest BCUT2D eigenvalue weighted by Gasteiger charge is -2.16. The van der Waals surface area contributed by atoms with E-state index in [0.717, 1.165) is 0 Å². The van der Waals surface area contributed by atoms with Crippen LogP contribution in [0.25, 0.3) is 0 Å². The first kappa shape index (κ1) is 9.60. The number of anilines is 1. The van der Waals surface area contributed by atoms with Crippen molar-refractivity contribution >= 4 is 11.6 Å². The summed E-state index contributed by atoms with van der Waals surface area (Å²) in [6, 6.07) is 6.72. The molecule has 6 nitrogen and oxygen atoms in total. The molecule has 0 spiro atoms. The van der Waals surface area contributed by atoms with Crippen LogP contribution in [-0.2, 0) is 10.3 Å². The van der Waals surface area contributed by atoms with Gasteiger partial charge in [0.1, 0.15) is 0 Å². The first-order valence-corrected chi connectivity index (χ1v) is 4.36. The molecule has 1 atom stereocenters. The molecule has 0 bridgehead atoms. The molecule has 0 radical (unpaired) electrons. The van der Waals surface area contributed by atoms with Gasteiger partial charge < -0.3 is 11.1 Å². The molecular weight excluding hydrogens is 198 g/mol. The lowest BCUT2D eigenvalue weighted by atomic mass is 9.93. The number of rotatable bonds is 2. The van der Waals surface area contributed by atoms with E-state index < -0.39 is 22.9 Å². The summed E-state index contributed by atoms with van der Waals surface area (Å²) in [5.41, 5.74) is 5.25. The molecule has 78 valence electrons. The van der Waals surface area contributed by atoms with Gasteiger partial charge in [-0.05, 0) is 6.07 Å². The lowest BCUT2D eigenvalue weighted by Crippen LogP contribution is -2.49. The summed E-state index contributed by atoms with van der Waals surface area (Å²) >= 11 is 0. The first-order chi connectivity index (χ1) is 7.04. The molecule has 1 aliphatic rings. The molecule has 0 saturated carbocycles. The highest BCUT2D eigenvalue weighted by Crippen LogP contribution is 2.33. The zero-order valence-electron chi connectivity index (χ0n) is 7.77. The smallest absolute Gasteiger partial charge is 0.256 e. The first-order valence-electron chi connectivity index (χ1n) is 4.36. The van der Waals surface area contributed by atoms with Crippen LogP contribution in [0.2, 0.25) is 0 Å². The molecule has 0 unspecified atom stereocenters. The maximum atomic E-state index is 11.5. The number of benzene rings is 1. The molecule has 3 N–H and O–H groups in total. The second-order valence-corrected chi connectivity index (χ2v) is 3.46. The van der Waals surface area contributed by atoms with E-state index in [2.05, 4.69) is 5.32 Å². The van der Waals surface area contributed by atoms with Crippen LogP contribution >= 0.6 is 0 Å². The predicted molar refractivity (Wildman–Crippen MR) is 52.8 cm³/mol. The largest absolute Gasteiger partial charge is 0.324 e. The molecule has 6 heteroatoms. The third-order valence-corrected chi connectivity index (χ3v) is 2.44. The van der Waals surface area contributed by atoms with Crippen molar-refractivity contribution < 1.29 is 9.72 Å². The lowest BCUT2D eigenvalue weighted by molar-refractivity contribution is -0.487. The maximum Gasteiger partial charge on any atom is 0.256 e. The Kier molecular flexibility index (Phi) is 1.94. The Hall–Kier alpha value is -1.95. The quantitative estimate of drug-likeness (QED) is 0.529. The van der Waals surface area contributed by atoms with Gasteiger partial charge in [0.05, 0.1) is 0 Å². The third kappa shape index (κ3) is 1.35. The molecule has 0 aliphatic carbocycles. The number of nitrogens with two attached hydrogens (primary N) is 1. The van der Waals surface area contributed by atoms with Crippen LogP contribution in [0.4, 0.5) is 5.69 Å². The summed E-state index contributed by atoms with van der Waals surface area (Å²) < 4.78 is 0. The van der Waals surface area contributed by atoms with Gasteiger partial charge in [0.15, 0.2) is 5.54 Å². The van der Waals surface area contributed by atoms with Gasteiger partial charge in [-0.15, -0.1) is 0 Å². The van der Waals surface area contributed by atoms with Crippen LogP contribution in [0, 0.1) is 10.1 Å². The highest BCUT2D eigenvalue weighted by atomic mass is 16.6. The van der Waals surface area contributed by atoms with Crippen LogP contribution in [0.3, 0.4) is 0 Å². The highest BCUT2D eigenvalue weighted by Gasteiger charge is 2.47. The number of carbonyl (C=O) groups is 1. The number of nitrogens with zero attached hydrogens (tertiary/aromatic N) is 1. The van der Waals surface area contributed by atoms with E-state index in [1.165, 1.54) is 0 Å². The van der Waals surface area contributed by atoms with Crippen molar-refractivity contribution in [1.29, 1.82) is 0 Å². The molecule has 1 heterocycles. The highest BCUT2D eigenvalue weighted by molar-refractivity contribution is 6.05. The zero-order valence-corrected chi connectivity index (χ0v) is 7.77. The Morgan fingerprint density at radius 1 is 1.47 bits per heavy atom. The topological polar surface area (TPSA) is 98.3 Å². The maximum absolute atomic E-state index is 11.5. The van der Waals surface area contributed by atoms with Crippen molar-refractivity contribution in [2.75, 3.05) is 11.9 Å². The Bertz CT molecular complexity index is 446. The van der Waals surface area contributed by atoms with Gasteiger partial charge in [0, 0.05) is 16.2 Å². The summed E-state index contributed by atoms with van der Waals surface area (Å²) in [5.74, 6) is -0.527. The number of hydrogen-bond donors (Lipinski definition) is 2. The normalized spacial score (nSPS) is 23.4. The SMILES string of the molecule is N[C@@]1(C[N+](=O)[O-])C(=O)Nc2ccccc21. The zero-order chi connectivity index (χ0) is 11.1. The average Bonchev–Trinajstić information content (AvgIpc) is 2.39. The van der Waals surface area contributed by atoms with Crippen molar-refractivity contribution in [3.8, 4) is 0 Å². The van der Waals surface area contributed by atoms with Gasteiger partial charge in [-0.1, -0.05) is 18.2 Å². The number of nitro groups is 1. The number of hydrogen-bond acceptors (Lipinski definition) is 4. The fourth-order valence-corrected chi connectivity index (χ4v) is 1.70. The van der Waals surface area contributed by atoms with Gasteiger partial charge in [0.25, 0.3) is 5.91 Å². The summed E-state index contributed by atoms with van der Waals surface area (Å²) in [5, 5.41) is 13.0. The number of nitrogens with one attached hydrogen (secondary N) is 1. The van der Waals surface area contributed by atoms with Gasteiger partial charge in [-0.3, -0.25) is 14.9 Å². The van der Waals surface area contributed by atoms with Crippen molar-refractivity contribution in [1.82, 2.24) is 0 Å². The second kappa shape index (κ2) is 3.03. The van der Waals surface area contributed by atoms with E-state index in [9.17, 15) is 14.9 Å². The Morgan fingerprint density at radius 2 is 2.13 bits per heavy atom. The van der Waals surface area contributed by atoms with Gasteiger partial charge in [0.2, 0.25) is 6.54 Å². The second-order valence-electron chi connectivity index (χ2n) is 3.46. The number of carbonyl (C=O) groups excluding carboxylic acids is 1. The third-order valence-electron chi connectivity index (χ3n) is 2.44. The van der Waals surface area contributed by atoms with Crippen LogP contribution < -0.4 is 11.1 Å². The minimum Gasteiger partial charge on any atom is -0.324 e. The van der Waals surface area contributed by atoms with E-state index in [1.54, 1.807) is 24.3 Å². The number of fused-ring (bicyclic) bond motifs is 1. The molecular formula is C9H9N3O3. The molecule has 0 fully saturated rings. The van der Waals surface area contributed by atoms with Crippen LogP contribution in [0.15, 0.2) is 24.3 Å². The minimum absolute atomic E-state index is 0.478. The van der Waals surface area contributed by atoms with Gasteiger partial charge in [-0.2, -0.15) is 0 Å². The van der Waals surface area contributed by atoms with Crippen molar-refractivity contribution in [2.24, 2.45) is 5.73 Å². The number of amides is 1. The molecule has 0 aromatic heterocycles. The van der Waals surface area contributed by atoms with Crippen LogP contribution in [0.1, 0.15) is 5.56 Å². The summed E-state index contributed by atoms with van der Waals surface area (Å²) in [4.78, 5) is 21.4. The summed E-state index contributed by atoms with van der Waals surface area (Å²) in [7, 11) is 0. The van der Waals surface area contributed by atoms with Crippen LogP contribution in [0.5, 0.6) is 0 Å². The molecule has 1 amide bonds. The number of para-hydroxylation sites is 1. The molecule has 15 heavy (non-hydrogen) atoms. The van der Waals surface area contributed by atoms with Crippen molar-refractivity contribution in [3.05, 3.63) is 39.9 Å². The molecule has 2 rings (SSSR count). The monoisotopic (exact) mass is 207 g/mol. The molecule has 1 aromatic rings. The van der Waals surface area contributed by atoms with E-state index >= 15 is 0 Å². The fraction of sp³-hybridized carbons (Fsp3) is 0.222. The fourth-order valence-electron chi connectivity index (χ4n) is 1.70. The van der Waals surface area contributed by atoms with Crippen LogP contribution in [-0.4, -0.2) is 17.4 Å². The van der Waals surface area contributed by atoms with Gasteiger partial charge >= 0.3 is 0 Å². The molecule has 1 aliphatic heterocycles. The summed E-state index contributed by atoms with van der Waals surface area (Å²) in [6.45, 7) is -0.601. The van der Waals surface area contributed by atoms with E-state index in [1.807, 2.05) is 0 Å². The van der Waals surface area contributed by atoms with Gasteiger partial charge in [-0.25, -0.2) is 0 Å². The van der Waals surface area contributed by atoms with E-state index in [-0.39, 0.29) is 0 Å². The van der Waals surface area contributed by atoms with Crippen molar-refractivity contribution in [2.45, 2.75) is 5.54 Å². The minimum atomic E-state index is -1.54. The standard InChI is InChI=1S/C9H9N3O3/c10-9(5-12(14)15)6-3-1-2-4-7(6)11-8(9)13/h1-4H,5,10H2,(H,11,13)/t9-/m1/s1. The van der Waals surface area contributed by atoms with E-state index in [4.69, 9.17) is 5.73 Å². The summed E-state index contributed by atoms with van der Waals surface area (Å²) in [6.07, 6.45) is 0. The molecule has 0 saturated heterocycles. The predicted octanol–water partition coefficient (Wildman–Crippen LogP) is 0.0694. The Labute approximate surface area is 85.2 Å². The Morgan fingerprint density at radius 3 is 2.80 bits per heavy atom. The van der Waals surface area contributed by atoms with E-state index in [0.29, 0.717) is 11.3 Å². The molecule has 1 aromatic carbocycles. The average molecular weight is 207 g/mol. The van der Waals surface area contributed by atoms with Crippen molar-refractivity contribution in [3.63, 3.8) is 0 Å². The Balaban J connectivity index is 2.49.